The van der Waals surface area contributed by atoms with Crippen molar-refractivity contribution in [3.63, 3.8) is 0 Å². The molecular weight excluding hydrogens is 318 g/mol. The molecule has 0 aliphatic rings. The van der Waals surface area contributed by atoms with E-state index in [0.717, 1.165) is 22.4 Å². The van der Waals surface area contributed by atoms with Gasteiger partial charge in [0, 0.05) is 22.5 Å². The number of aromatic nitrogens is 3. The molecule has 3 aromatic heterocycles. The zero-order chi connectivity index (χ0) is 17.5. The van der Waals surface area contributed by atoms with E-state index in [4.69, 9.17) is 0 Å². The van der Waals surface area contributed by atoms with Crippen LogP contribution in [0.3, 0.4) is 0 Å². The minimum absolute atomic E-state index is 0.887. The van der Waals surface area contributed by atoms with Crippen molar-refractivity contribution in [3.05, 3.63) is 84.7 Å². The zero-order valence-corrected chi connectivity index (χ0v) is 14.4. The molecule has 5 aromatic rings. The quantitative estimate of drug-likeness (QED) is 0.446. The molecule has 0 saturated carbocycles. The molecule has 0 radical (unpaired) electrons. The highest BCUT2D eigenvalue weighted by Crippen LogP contribution is 2.31. The van der Waals surface area contributed by atoms with Crippen LogP contribution in [0.1, 0.15) is 5.56 Å². The molecule has 3 nitrogen and oxygen atoms in total. The van der Waals surface area contributed by atoms with Crippen molar-refractivity contribution in [2.45, 2.75) is 6.92 Å². The fourth-order valence-corrected chi connectivity index (χ4v) is 3.38. The third-order valence-electron chi connectivity index (χ3n) is 4.80. The molecule has 0 aliphatic carbocycles. The van der Waals surface area contributed by atoms with Gasteiger partial charge in [-0.2, -0.15) is 0 Å². The summed E-state index contributed by atoms with van der Waals surface area (Å²) in [6, 6.07) is 23.2. The molecule has 0 aliphatic heterocycles. The van der Waals surface area contributed by atoms with E-state index in [1.54, 1.807) is 6.20 Å². The molecule has 5 rings (SSSR count). The standard InChI is InChI=1S/C23H17N3/c1-15-5-7-16(8-6-15)17-9-10-20-18(12-17)19-13-22(25-14-23(19)26-20)21-4-2-3-11-24-21/h2-14,26H,1H3. The van der Waals surface area contributed by atoms with Gasteiger partial charge in [0.05, 0.1) is 23.1 Å². The minimum Gasteiger partial charge on any atom is -0.353 e. The maximum Gasteiger partial charge on any atom is 0.0893 e. The Morgan fingerprint density at radius 1 is 0.692 bits per heavy atom. The van der Waals surface area contributed by atoms with Gasteiger partial charge in [-0.15, -0.1) is 0 Å². The minimum atomic E-state index is 0.887. The van der Waals surface area contributed by atoms with Crippen LogP contribution in [0.2, 0.25) is 0 Å². The second-order valence-corrected chi connectivity index (χ2v) is 6.58. The predicted molar refractivity (Wildman–Crippen MR) is 107 cm³/mol. The lowest BCUT2D eigenvalue weighted by molar-refractivity contribution is 1.26. The van der Waals surface area contributed by atoms with Gasteiger partial charge in [-0.25, -0.2) is 0 Å². The summed E-state index contributed by atoms with van der Waals surface area (Å²) in [4.78, 5) is 12.5. The van der Waals surface area contributed by atoms with Crippen molar-refractivity contribution in [3.8, 4) is 22.5 Å². The monoisotopic (exact) mass is 335 g/mol. The molecule has 0 bridgehead atoms. The van der Waals surface area contributed by atoms with Crippen LogP contribution in [-0.4, -0.2) is 15.0 Å². The van der Waals surface area contributed by atoms with Gasteiger partial charge in [-0.05, 0) is 48.4 Å². The summed E-state index contributed by atoms with van der Waals surface area (Å²) in [5, 5.41) is 2.38. The molecule has 0 spiro atoms. The van der Waals surface area contributed by atoms with E-state index in [0.29, 0.717) is 0 Å². The number of benzene rings is 2. The lowest BCUT2D eigenvalue weighted by atomic mass is 10.0. The second kappa shape index (κ2) is 5.81. The van der Waals surface area contributed by atoms with E-state index in [1.165, 1.54) is 27.5 Å². The van der Waals surface area contributed by atoms with Crippen LogP contribution in [0.15, 0.2) is 79.1 Å². The second-order valence-electron chi connectivity index (χ2n) is 6.58. The highest BCUT2D eigenvalue weighted by molar-refractivity contribution is 6.09. The molecule has 0 fully saturated rings. The Labute approximate surface area is 151 Å². The number of fused-ring (bicyclic) bond motifs is 3. The maximum atomic E-state index is 4.57. The van der Waals surface area contributed by atoms with E-state index >= 15 is 0 Å². The number of rotatable bonds is 2. The van der Waals surface area contributed by atoms with Crippen LogP contribution in [0.5, 0.6) is 0 Å². The summed E-state index contributed by atoms with van der Waals surface area (Å²) in [6.45, 7) is 2.11. The Hall–Kier alpha value is -3.46. The van der Waals surface area contributed by atoms with Gasteiger partial charge in [0.15, 0.2) is 0 Å². The molecule has 1 N–H and O–H groups in total. The van der Waals surface area contributed by atoms with Gasteiger partial charge in [0.25, 0.3) is 0 Å². The maximum absolute atomic E-state index is 4.57. The molecule has 0 unspecified atom stereocenters. The number of aromatic amines is 1. The van der Waals surface area contributed by atoms with Crippen molar-refractivity contribution in [2.24, 2.45) is 0 Å². The first-order valence-electron chi connectivity index (χ1n) is 8.68. The van der Waals surface area contributed by atoms with Gasteiger partial charge in [-0.3, -0.25) is 9.97 Å². The van der Waals surface area contributed by atoms with E-state index in [1.807, 2.05) is 24.4 Å². The highest BCUT2D eigenvalue weighted by atomic mass is 14.8. The summed E-state index contributed by atoms with van der Waals surface area (Å²) in [6.07, 6.45) is 3.69. The third kappa shape index (κ3) is 2.45. The number of nitrogens with one attached hydrogen (secondary N) is 1. The first-order chi connectivity index (χ1) is 12.8. The predicted octanol–water partition coefficient (Wildman–Crippen LogP) is 5.75. The molecular formula is C23H17N3. The first kappa shape index (κ1) is 14.8. The zero-order valence-electron chi connectivity index (χ0n) is 14.4. The highest BCUT2D eigenvalue weighted by Gasteiger charge is 2.09. The fraction of sp³-hybridized carbons (Fsp3) is 0.0435. The topological polar surface area (TPSA) is 41.6 Å². The van der Waals surface area contributed by atoms with Gasteiger partial charge in [-0.1, -0.05) is 42.0 Å². The van der Waals surface area contributed by atoms with Crippen molar-refractivity contribution in [1.29, 1.82) is 0 Å². The number of nitrogens with zero attached hydrogens (tertiary/aromatic N) is 2. The summed E-state index contributed by atoms with van der Waals surface area (Å²) < 4.78 is 0. The Morgan fingerprint density at radius 3 is 2.31 bits per heavy atom. The average molecular weight is 335 g/mol. The van der Waals surface area contributed by atoms with Gasteiger partial charge in [0.2, 0.25) is 0 Å². The van der Waals surface area contributed by atoms with Gasteiger partial charge in [0.1, 0.15) is 0 Å². The smallest absolute Gasteiger partial charge is 0.0893 e. The molecule has 0 amide bonds. The van der Waals surface area contributed by atoms with Crippen LogP contribution >= 0.6 is 0 Å². The molecule has 26 heavy (non-hydrogen) atoms. The van der Waals surface area contributed by atoms with Gasteiger partial charge < -0.3 is 4.98 Å². The lowest BCUT2D eigenvalue weighted by Crippen LogP contribution is -1.85. The fourth-order valence-electron chi connectivity index (χ4n) is 3.38. The molecule has 3 heteroatoms. The third-order valence-corrected chi connectivity index (χ3v) is 4.80. The first-order valence-corrected chi connectivity index (χ1v) is 8.68. The number of H-pyrrole nitrogens is 1. The van der Waals surface area contributed by atoms with Crippen molar-refractivity contribution in [2.75, 3.05) is 0 Å². The Kier molecular flexibility index (Phi) is 3.32. The Balaban J connectivity index is 1.71. The summed E-state index contributed by atoms with van der Waals surface area (Å²) in [5.74, 6) is 0. The molecule has 0 saturated heterocycles. The van der Waals surface area contributed by atoms with E-state index in [9.17, 15) is 0 Å². The van der Waals surface area contributed by atoms with Crippen molar-refractivity contribution >= 4 is 21.8 Å². The van der Waals surface area contributed by atoms with Crippen LogP contribution in [0, 0.1) is 6.92 Å². The summed E-state index contributed by atoms with van der Waals surface area (Å²) >= 11 is 0. The van der Waals surface area contributed by atoms with Crippen LogP contribution < -0.4 is 0 Å². The molecule has 0 atom stereocenters. The number of pyridine rings is 2. The van der Waals surface area contributed by atoms with E-state index < -0.39 is 0 Å². The van der Waals surface area contributed by atoms with Crippen LogP contribution in [0.4, 0.5) is 0 Å². The number of hydrogen-bond donors (Lipinski definition) is 1. The summed E-state index contributed by atoms with van der Waals surface area (Å²) in [5.41, 5.74) is 7.66. The Bertz CT molecular complexity index is 1220. The summed E-state index contributed by atoms with van der Waals surface area (Å²) in [7, 11) is 0. The molecule has 124 valence electrons. The van der Waals surface area contributed by atoms with Crippen LogP contribution in [0.25, 0.3) is 44.3 Å². The van der Waals surface area contributed by atoms with Crippen LogP contribution in [-0.2, 0) is 0 Å². The van der Waals surface area contributed by atoms with E-state index in [2.05, 4.69) is 70.4 Å². The Morgan fingerprint density at radius 2 is 1.50 bits per heavy atom. The van der Waals surface area contributed by atoms with Gasteiger partial charge >= 0.3 is 0 Å². The molecule has 2 aromatic carbocycles. The largest absolute Gasteiger partial charge is 0.353 e. The number of hydrogen-bond acceptors (Lipinski definition) is 2. The van der Waals surface area contributed by atoms with Crippen molar-refractivity contribution < 1.29 is 0 Å². The van der Waals surface area contributed by atoms with Crippen molar-refractivity contribution in [1.82, 2.24) is 15.0 Å². The number of aryl methyl sites for hydroxylation is 1. The molecule has 3 heterocycles. The lowest BCUT2D eigenvalue weighted by Gasteiger charge is -2.03. The SMILES string of the molecule is Cc1ccc(-c2ccc3[nH]c4cnc(-c5ccccn5)cc4c3c2)cc1. The average Bonchev–Trinajstić information content (AvgIpc) is 3.06. The normalized spacial score (nSPS) is 11.3. The van der Waals surface area contributed by atoms with E-state index in [-0.39, 0.29) is 0 Å².